The first-order chi connectivity index (χ1) is 8.81. The highest BCUT2D eigenvalue weighted by atomic mass is 32.1. The van der Waals surface area contributed by atoms with Crippen LogP contribution in [-0.2, 0) is 4.79 Å². The van der Waals surface area contributed by atoms with Crippen molar-refractivity contribution in [3.8, 4) is 0 Å². The lowest BCUT2D eigenvalue weighted by atomic mass is 10.0. The van der Waals surface area contributed by atoms with Crippen LogP contribution in [0.1, 0.15) is 43.0 Å². The van der Waals surface area contributed by atoms with Gasteiger partial charge < -0.3 is 4.90 Å². The summed E-state index contributed by atoms with van der Waals surface area (Å²) in [4.78, 5) is 16.5. The Hall–Kier alpha value is -0.870. The first-order valence-corrected chi connectivity index (χ1v) is 7.66. The summed E-state index contributed by atoms with van der Waals surface area (Å²) in [5.74, 6) is 0.660. The van der Waals surface area contributed by atoms with Gasteiger partial charge in [-0.15, -0.1) is 11.3 Å². The fourth-order valence-electron chi connectivity index (χ4n) is 2.09. The van der Waals surface area contributed by atoms with Gasteiger partial charge in [0.25, 0.3) is 0 Å². The van der Waals surface area contributed by atoms with Gasteiger partial charge in [0, 0.05) is 29.9 Å². The standard InChI is InChI=1S/C15H26N2OS/c1-10(2)9-13(15(18)17(5)6)16-12(4)14-8-7-11(3)19-14/h7-8,10,12-13,16H,9H2,1-6H3. The third-order valence-corrected chi connectivity index (χ3v) is 4.27. The van der Waals surface area contributed by atoms with Gasteiger partial charge in [0.15, 0.2) is 0 Å². The van der Waals surface area contributed by atoms with Gasteiger partial charge in [-0.1, -0.05) is 13.8 Å². The fourth-order valence-corrected chi connectivity index (χ4v) is 2.98. The van der Waals surface area contributed by atoms with Crippen molar-refractivity contribution in [2.75, 3.05) is 14.1 Å². The molecule has 1 N–H and O–H groups in total. The molecule has 2 unspecified atom stereocenters. The van der Waals surface area contributed by atoms with Crippen LogP contribution in [0.5, 0.6) is 0 Å². The quantitative estimate of drug-likeness (QED) is 0.869. The third kappa shape index (κ3) is 4.96. The maximum atomic E-state index is 12.2. The summed E-state index contributed by atoms with van der Waals surface area (Å²) < 4.78 is 0. The zero-order valence-corrected chi connectivity index (χ0v) is 13.7. The number of aryl methyl sites for hydroxylation is 1. The highest BCUT2D eigenvalue weighted by Gasteiger charge is 2.23. The van der Waals surface area contributed by atoms with Crippen molar-refractivity contribution in [2.45, 2.75) is 46.2 Å². The van der Waals surface area contributed by atoms with Crippen LogP contribution in [0.2, 0.25) is 0 Å². The van der Waals surface area contributed by atoms with Crippen LogP contribution < -0.4 is 5.32 Å². The highest BCUT2D eigenvalue weighted by molar-refractivity contribution is 7.12. The number of carbonyl (C=O) groups is 1. The van der Waals surface area contributed by atoms with Gasteiger partial charge in [0.1, 0.15) is 0 Å². The Morgan fingerprint density at radius 1 is 1.32 bits per heavy atom. The van der Waals surface area contributed by atoms with E-state index in [9.17, 15) is 4.79 Å². The van der Waals surface area contributed by atoms with Crippen molar-refractivity contribution in [1.29, 1.82) is 0 Å². The van der Waals surface area contributed by atoms with Crippen LogP contribution >= 0.6 is 11.3 Å². The van der Waals surface area contributed by atoms with Crippen molar-refractivity contribution in [1.82, 2.24) is 10.2 Å². The lowest BCUT2D eigenvalue weighted by Gasteiger charge is -2.26. The molecule has 0 aliphatic heterocycles. The van der Waals surface area contributed by atoms with E-state index in [1.54, 1.807) is 16.2 Å². The second kappa shape index (κ2) is 7.06. The second-order valence-corrected chi connectivity index (χ2v) is 7.07. The molecule has 1 aromatic rings. The maximum Gasteiger partial charge on any atom is 0.239 e. The molecule has 0 fully saturated rings. The Morgan fingerprint density at radius 2 is 1.95 bits per heavy atom. The van der Waals surface area contributed by atoms with E-state index >= 15 is 0 Å². The van der Waals surface area contributed by atoms with E-state index in [1.807, 2.05) is 14.1 Å². The predicted octanol–water partition coefficient (Wildman–Crippen LogP) is 3.21. The number of amides is 1. The second-order valence-electron chi connectivity index (χ2n) is 5.75. The van der Waals surface area contributed by atoms with E-state index in [1.165, 1.54) is 9.75 Å². The molecule has 0 aliphatic carbocycles. The number of nitrogens with one attached hydrogen (secondary N) is 1. The molecule has 1 rings (SSSR count). The molecule has 0 saturated heterocycles. The smallest absolute Gasteiger partial charge is 0.239 e. The molecule has 0 aromatic carbocycles. The van der Waals surface area contributed by atoms with Crippen LogP contribution in [0.25, 0.3) is 0 Å². The van der Waals surface area contributed by atoms with E-state index in [0.717, 1.165) is 6.42 Å². The topological polar surface area (TPSA) is 32.3 Å². The molecule has 1 heterocycles. The van der Waals surface area contributed by atoms with Gasteiger partial charge in [-0.3, -0.25) is 10.1 Å². The molecule has 2 atom stereocenters. The Kier molecular flexibility index (Phi) is 6.01. The molecule has 0 bridgehead atoms. The molecule has 108 valence electrons. The number of thiophene rings is 1. The molecule has 19 heavy (non-hydrogen) atoms. The average Bonchev–Trinajstić information content (AvgIpc) is 2.73. The largest absolute Gasteiger partial charge is 0.347 e. The summed E-state index contributed by atoms with van der Waals surface area (Å²) in [5.41, 5.74) is 0. The zero-order valence-electron chi connectivity index (χ0n) is 12.9. The normalized spacial score (nSPS) is 14.5. The lowest BCUT2D eigenvalue weighted by molar-refractivity contribution is -0.131. The molecule has 0 aliphatic rings. The lowest BCUT2D eigenvalue weighted by Crippen LogP contribution is -2.45. The molecule has 3 nitrogen and oxygen atoms in total. The van der Waals surface area contributed by atoms with Crippen LogP contribution in [-0.4, -0.2) is 30.9 Å². The number of rotatable bonds is 6. The summed E-state index contributed by atoms with van der Waals surface area (Å²) in [6.07, 6.45) is 0.867. The van der Waals surface area contributed by atoms with Crippen molar-refractivity contribution >= 4 is 17.2 Å². The fraction of sp³-hybridized carbons (Fsp3) is 0.667. The van der Waals surface area contributed by atoms with Crippen LogP contribution in [0.3, 0.4) is 0 Å². The Bertz CT molecular complexity index is 412. The van der Waals surface area contributed by atoms with Crippen molar-refractivity contribution in [3.63, 3.8) is 0 Å². The summed E-state index contributed by atoms with van der Waals surface area (Å²) in [7, 11) is 3.63. The van der Waals surface area contributed by atoms with Gasteiger partial charge in [-0.25, -0.2) is 0 Å². The van der Waals surface area contributed by atoms with E-state index < -0.39 is 0 Å². The van der Waals surface area contributed by atoms with Gasteiger partial charge in [-0.05, 0) is 38.3 Å². The third-order valence-electron chi connectivity index (χ3n) is 3.09. The molecule has 0 radical (unpaired) electrons. The number of hydrogen-bond acceptors (Lipinski definition) is 3. The van der Waals surface area contributed by atoms with Crippen LogP contribution in [0.4, 0.5) is 0 Å². The molecular weight excluding hydrogens is 256 g/mol. The molecule has 0 spiro atoms. The number of hydrogen-bond donors (Lipinski definition) is 1. The van der Waals surface area contributed by atoms with E-state index in [0.29, 0.717) is 5.92 Å². The predicted molar refractivity (Wildman–Crippen MR) is 82.5 cm³/mol. The summed E-state index contributed by atoms with van der Waals surface area (Å²) in [6, 6.07) is 4.38. The summed E-state index contributed by atoms with van der Waals surface area (Å²) in [5, 5.41) is 3.48. The number of nitrogens with zero attached hydrogens (tertiary/aromatic N) is 1. The highest BCUT2D eigenvalue weighted by Crippen LogP contribution is 2.23. The minimum Gasteiger partial charge on any atom is -0.347 e. The Balaban J connectivity index is 2.73. The minimum absolute atomic E-state index is 0.104. The monoisotopic (exact) mass is 282 g/mol. The molecule has 1 aromatic heterocycles. The van der Waals surface area contributed by atoms with Gasteiger partial charge in [0.2, 0.25) is 5.91 Å². The minimum atomic E-state index is -0.104. The number of carbonyl (C=O) groups excluding carboxylic acids is 1. The first-order valence-electron chi connectivity index (χ1n) is 6.84. The van der Waals surface area contributed by atoms with E-state index in [-0.39, 0.29) is 18.0 Å². The molecule has 1 amide bonds. The van der Waals surface area contributed by atoms with E-state index in [4.69, 9.17) is 0 Å². The Morgan fingerprint density at radius 3 is 2.37 bits per heavy atom. The number of likely N-dealkylation sites (N-methyl/N-ethyl adjacent to an activating group) is 1. The van der Waals surface area contributed by atoms with E-state index in [2.05, 4.69) is 45.1 Å². The van der Waals surface area contributed by atoms with Crippen LogP contribution in [0, 0.1) is 12.8 Å². The average molecular weight is 282 g/mol. The van der Waals surface area contributed by atoms with Crippen molar-refractivity contribution in [2.24, 2.45) is 5.92 Å². The zero-order chi connectivity index (χ0) is 14.6. The van der Waals surface area contributed by atoms with Gasteiger partial charge in [-0.2, -0.15) is 0 Å². The first kappa shape index (κ1) is 16.2. The summed E-state index contributed by atoms with van der Waals surface area (Å²) >= 11 is 1.79. The van der Waals surface area contributed by atoms with Crippen LogP contribution in [0.15, 0.2) is 12.1 Å². The molecular formula is C15H26N2OS. The maximum absolute atomic E-state index is 12.2. The Labute approximate surface area is 121 Å². The summed E-state index contributed by atoms with van der Waals surface area (Å²) in [6.45, 7) is 8.54. The molecule has 4 heteroatoms. The van der Waals surface area contributed by atoms with Crippen molar-refractivity contribution in [3.05, 3.63) is 21.9 Å². The SMILES string of the molecule is Cc1ccc(C(C)NC(CC(C)C)C(=O)N(C)C)s1. The van der Waals surface area contributed by atoms with Crippen molar-refractivity contribution < 1.29 is 4.79 Å². The van der Waals surface area contributed by atoms with Gasteiger partial charge >= 0.3 is 0 Å². The molecule has 0 saturated carbocycles. The van der Waals surface area contributed by atoms with Gasteiger partial charge in [0.05, 0.1) is 6.04 Å².